The lowest BCUT2D eigenvalue weighted by atomic mass is 10.1. The Morgan fingerprint density at radius 1 is 1.16 bits per heavy atom. The SMILES string of the molecule is CCOC(=O)c1nnn(Cc2cc(Cl)cc(Cl)c2)c1-c1ccncc1. The predicted octanol–water partition coefficient (Wildman–Crippen LogP) is 3.87. The topological polar surface area (TPSA) is 69.9 Å². The molecule has 0 radical (unpaired) electrons. The summed E-state index contributed by atoms with van der Waals surface area (Å²) in [5.41, 5.74) is 2.31. The molecule has 0 aliphatic rings. The third kappa shape index (κ3) is 3.97. The van der Waals surface area contributed by atoms with Crippen molar-refractivity contribution in [1.29, 1.82) is 0 Å². The van der Waals surface area contributed by atoms with Gasteiger partial charge in [-0.1, -0.05) is 28.4 Å². The van der Waals surface area contributed by atoms with E-state index in [-0.39, 0.29) is 12.3 Å². The lowest BCUT2D eigenvalue weighted by Gasteiger charge is -2.09. The fraction of sp³-hybridized carbons (Fsp3) is 0.176. The molecule has 8 heteroatoms. The number of hydrogen-bond donors (Lipinski definition) is 0. The first-order valence-electron chi connectivity index (χ1n) is 7.54. The fourth-order valence-electron chi connectivity index (χ4n) is 2.43. The Bertz CT molecular complexity index is 877. The molecule has 2 heterocycles. The van der Waals surface area contributed by atoms with Gasteiger partial charge in [-0.3, -0.25) is 4.98 Å². The molecule has 0 atom stereocenters. The Morgan fingerprint density at radius 2 is 1.84 bits per heavy atom. The summed E-state index contributed by atoms with van der Waals surface area (Å²) in [5.74, 6) is -0.523. The maximum absolute atomic E-state index is 12.2. The minimum absolute atomic E-state index is 0.154. The summed E-state index contributed by atoms with van der Waals surface area (Å²) in [7, 11) is 0. The van der Waals surface area contributed by atoms with Gasteiger partial charge in [0.1, 0.15) is 5.69 Å². The van der Waals surface area contributed by atoms with Crippen LogP contribution in [0.25, 0.3) is 11.3 Å². The smallest absolute Gasteiger partial charge is 0.361 e. The van der Waals surface area contributed by atoms with Crippen molar-refractivity contribution in [3.8, 4) is 11.3 Å². The van der Waals surface area contributed by atoms with E-state index in [4.69, 9.17) is 27.9 Å². The predicted molar refractivity (Wildman–Crippen MR) is 94.8 cm³/mol. The number of nitrogens with zero attached hydrogens (tertiary/aromatic N) is 4. The van der Waals surface area contributed by atoms with Crippen molar-refractivity contribution in [2.75, 3.05) is 6.61 Å². The van der Waals surface area contributed by atoms with Crippen molar-refractivity contribution >= 4 is 29.2 Å². The summed E-state index contributed by atoms with van der Waals surface area (Å²) in [6, 6.07) is 8.79. The Hall–Kier alpha value is -2.44. The zero-order chi connectivity index (χ0) is 17.8. The molecule has 0 aliphatic heterocycles. The van der Waals surface area contributed by atoms with Gasteiger partial charge in [0.25, 0.3) is 0 Å². The molecular weight excluding hydrogens is 363 g/mol. The Kier molecular flexibility index (Phi) is 5.31. The number of halogens is 2. The Balaban J connectivity index is 2.06. The lowest BCUT2D eigenvalue weighted by Crippen LogP contribution is -2.09. The van der Waals surface area contributed by atoms with E-state index in [9.17, 15) is 4.79 Å². The fourth-order valence-corrected chi connectivity index (χ4v) is 3.00. The van der Waals surface area contributed by atoms with Crippen LogP contribution in [0, 0.1) is 0 Å². The Morgan fingerprint density at radius 3 is 2.48 bits per heavy atom. The Labute approximate surface area is 154 Å². The van der Waals surface area contributed by atoms with Gasteiger partial charge >= 0.3 is 5.97 Å². The molecule has 6 nitrogen and oxygen atoms in total. The van der Waals surface area contributed by atoms with E-state index < -0.39 is 5.97 Å². The first kappa shape index (κ1) is 17.4. The molecule has 3 aromatic rings. The quantitative estimate of drug-likeness (QED) is 0.632. The number of carbonyl (C=O) groups is 1. The summed E-state index contributed by atoms with van der Waals surface area (Å²) in [5, 5.41) is 9.17. The van der Waals surface area contributed by atoms with Gasteiger partial charge in [-0.05, 0) is 42.8 Å². The van der Waals surface area contributed by atoms with Crippen LogP contribution in [0.5, 0.6) is 0 Å². The highest BCUT2D eigenvalue weighted by Crippen LogP contribution is 2.25. The molecule has 0 amide bonds. The molecule has 3 rings (SSSR count). The number of aromatic nitrogens is 4. The van der Waals surface area contributed by atoms with Crippen LogP contribution in [0.3, 0.4) is 0 Å². The minimum atomic E-state index is -0.523. The monoisotopic (exact) mass is 376 g/mol. The number of rotatable bonds is 5. The van der Waals surface area contributed by atoms with Crippen molar-refractivity contribution in [3.63, 3.8) is 0 Å². The molecule has 128 valence electrons. The molecule has 0 bridgehead atoms. The number of benzene rings is 1. The van der Waals surface area contributed by atoms with E-state index in [0.29, 0.717) is 22.3 Å². The maximum atomic E-state index is 12.2. The van der Waals surface area contributed by atoms with Crippen molar-refractivity contribution < 1.29 is 9.53 Å². The molecule has 25 heavy (non-hydrogen) atoms. The van der Waals surface area contributed by atoms with Gasteiger partial charge in [0.05, 0.1) is 13.2 Å². The van der Waals surface area contributed by atoms with Crippen LogP contribution < -0.4 is 0 Å². The molecule has 0 aliphatic carbocycles. The van der Waals surface area contributed by atoms with Crippen LogP contribution in [0.15, 0.2) is 42.7 Å². The van der Waals surface area contributed by atoms with E-state index in [1.54, 1.807) is 54.3 Å². The van der Waals surface area contributed by atoms with Crippen LogP contribution >= 0.6 is 23.2 Å². The van der Waals surface area contributed by atoms with Crippen LogP contribution in [0.1, 0.15) is 23.0 Å². The molecule has 0 unspecified atom stereocenters. The lowest BCUT2D eigenvalue weighted by molar-refractivity contribution is 0.0520. The first-order chi connectivity index (χ1) is 12.1. The van der Waals surface area contributed by atoms with Crippen LogP contribution in [-0.4, -0.2) is 32.6 Å². The van der Waals surface area contributed by atoms with Crippen molar-refractivity contribution in [1.82, 2.24) is 20.0 Å². The highest BCUT2D eigenvalue weighted by Gasteiger charge is 2.22. The number of ether oxygens (including phenoxy) is 1. The van der Waals surface area contributed by atoms with Gasteiger partial charge in [-0.25, -0.2) is 9.48 Å². The van der Waals surface area contributed by atoms with E-state index >= 15 is 0 Å². The summed E-state index contributed by atoms with van der Waals surface area (Å²) >= 11 is 12.1. The van der Waals surface area contributed by atoms with Gasteiger partial charge in [-0.2, -0.15) is 0 Å². The van der Waals surface area contributed by atoms with E-state index in [1.165, 1.54) is 0 Å². The highest BCUT2D eigenvalue weighted by molar-refractivity contribution is 6.34. The third-order valence-corrected chi connectivity index (χ3v) is 3.85. The van der Waals surface area contributed by atoms with E-state index in [2.05, 4.69) is 15.3 Å². The molecule has 2 aromatic heterocycles. The van der Waals surface area contributed by atoms with Gasteiger partial charge in [0.2, 0.25) is 0 Å². The van der Waals surface area contributed by atoms with Crippen LogP contribution in [0.4, 0.5) is 0 Å². The van der Waals surface area contributed by atoms with Gasteiger partial charge in [0.15, 0.2) is 5.69 Å². The van der Waals surface area contributed by atoms with Gasteiger partial charge in [0, 0.05) is 28.0 Å². The second-order valence-corrected chi connectivity index (χ2v) is 6.05. The third-order valence-electron chi connectivity index (χ3n) is 3.41. The van der Waals surface area contributed by atoms with Crippen molar-refractivity contribution in [2.45, 2.75) is 13.5 Å². The average molecular weight is 377 g/mol. The van der Waals surface area contributed by atoms with Crippen LogP contribution in [0.2, 0.25) is 10.0 Å². The largest absolute Gasteiger partial charge is 0.461 e. The van der Waals surface area contributed by atoms with E-state index in [0.717, 1.165) is 11.1 Å². The second-order valence-electron chi connectivity index (χ2n) is 5.18. The summed E-state index contributed by atoms with van der Waals surface area (Å²) in [6.07, 6.45) is 3.27. The molecule has 0 saturated carbocycles. The molecule has 0 N–H and O–H groups in total. The zero-order valence-electron chi connectivity index (χ0n) is 13.3. The standard InChI is InChI=1S/C17H14Cl2N4O2/c1-2-25-17(24)15-16(12-3-5-20-6-4-12)23(22-21-15)10-11-7-13(18)9-14(19)8-11/h3-9H,2,10H2,1H3. The molecular formula is C17H14Cl2N4O2. The second kappa shape index (κ2) is 7.63. The van der Waals surface area contributed by atoms with Gasteiger partial charge in [-0.15, -0.1) is 5.10 Å². The molecule has 0 saturated heterocycles. The van der Waals surface area contributed by atoms with E-state index in [1.807, 2.05) is 0 Å². The summed E-state index contributed by atoms with van der Waals surface area (Å²) in [6.45, 7) is 2.35. The number of hydrogen-bond acceptors (Lipinski definition) is 5. The maximum Gasteiger partial charge on any atom is 0.361 e. The normalized spacial score (nSPS) is 10.7. The molecule has 0 fully saturated rings. The highest BCUT2D eigenvalue weighted by atomic mass is 35.5. The summed E-state index contributed by atoms with van der Waals surface area (Å²) in [4.78, 5) is 16.2. The summed E-state index contributed by atoms with van der Waals surface area (Å²) < 4.78 is 6.69. The minimum Gasteiger partial charge on any atom is -0.461 e. The van der Waals surface area contributed by atoms with Gasteiger partial charge < -0.3 is 4.74 Å². The van der Waals surface area contributed by atoms with Crippen LogP contribution in [-0.2, 0) is 11.3 Å². The van der Waals surface area contributed by atoms with Crippen molar-refractivity contribution in [2.24, 2.45) is 0 Å². The number of pyridine rings is 1. The van der Waals surface area contributed by atoms with Crippen molar-refractivity contribution in [3.05, 3.63) is 64.0 Å². The number of esters is 1. The molecule has 0 spiro atoms. The average Bonchev–Trinajstić information content (AvgIpc) is 2.98. The first-order valence-corrected chi connectivity index (χ1v) is 8.30. The number of carbonyl (C=O) groups excluding carboxylic acids is 1. The zero-order valence-corrected chi connectivity index (χ0v) is 14.8. The molecule has 1 aromatic carbocycles.